The summed E-state index contributed by atoms with van der Waals surface area (Å²) in [5.41, 5.74) is 2.27. The molecular formula is C23H21F3N2O3S. The fraction of sp³-hybridized carbons (Fsp3) is 0.217. The molecule has 5 nitrogen and oxygen atoms in total. The van der Waals surface area contributed by atoms with Crippen LogP contribution in [0.1, 0.15) is 21.8 Å². The van der Waals surface area contributed by atoms with Crippen molar-refractivity contribution in [3.05, 3.63) is 81.8 Å². The lowest BCUT2D eigenvalue weighted by molar-refractivity contribution is -0.153. The lowest BCUT2D eigenvalue weighted by atomic mass is 10.2. The maximum atomic E-state index is 12.3. The molecule has 1 aromatic heterocycles. The first-order valence-electron chi connectivity index (χ1n) is 9.65. The van der Waals surface area contributed by atoms with Crippen LogP contribution in [0, 0.1) is 6.92 Å². The summed E-state index contributed by atoms with van der Waals surface area (Å²) in [6.45, 7) is 1.09. The molecule has 1 amide bonds. The summed E-state index contributed by atoms with van der Waals surface area (Å²) in [6.07, 6.45) is -1.37. The summed E-state index contributed by atoms with van der Waals surface area (Å²) in [4.78, 5) is 16.5. The second-order valence-electron chi connectivity index (χ2n) is 6.82. The molecular weight excluding hydrogens is 441 g/mol. The number of amides is 1. The Kier molecular flexibility index (Phi) is 7.88. The second kappa shape index (κ2) is 10.8. The zero-order valence-corrected chi connectivity index (χ0v) is 18.0. The lowest BCUT2D eigenvalue weighted by Crippen LogP contribution is -2.21. The van der Waals surface area contributed by atoms with Crippen LogP contribution in [-0.4, -0.2) is 23.7 Å². The Balaban J connectivity index is 1.49. The standard InChI is InChI=1S/C23H21F3N2O3S/c1-16-28-19(14-32-16)13-30-20-6-2-4-17(10-20)8-9-22(29)27-12-18-5-3-7-21(11-18)31-15-23(24,25)26/h2-11,14H,12-13,15H2,1H3,(H,27,29)/b9-8+. The molecule has 2 aromatic carbocycles. The molecule has 9 heteroatoms. The molecule has 0 aliphatic rings. The van der Waals surface area contributed by atoms with E-state index >= 15 is 0 Å². The zero-order valence-electron chi connectivity index (χ0n) is 17.2. The number of halogens is 3. The van der Waals surface area contributed by atoms with Crippen molar-refractivity contribution in [2.75, 3.05) is 6.61 Å². The number of benzene rings is 2. The normalized spacial score (nSPS) is 11.5. The van der Waals surface area contributed by atoms with Crippen molar-refractivity contribution in [3.8, 4) is 11.5 Å². The Bertz CT molecular complexity index is 1080. The van der Waals surface area contributed by atoms with Gasteiger partial charge in [0.15, 0.2) is 6.61 Å². The Hall–Kier alpha value is -3.33. The first-order chi connectivity index (χ1) is 15.3. The van der Waals surface area contributed by atoms with E-state index in [4.69, 9.17) is 9.47 Å². The average Bonchev–Trinajstić information content (AvgIpc) is 3.19. The van der Waals surface area contributed by atoms with Gasteiger partial charge in [0.05, 0.1) is 10.7 Å². The molecule has 0 aliphatic heterocycles. The molecule has 0 saturated carbocycles. The van der Waals surface area contributed by atoms with Gasteiger partial charge in [0.1, 0.15) is 18.1 Å². The number of nitrogens with one attached hydrogen (secondary N) is 1. The molecule has 0 fully saturated rings. The highest BCUT2D eigenvalue weighted by molar-refractivity contribution is 7.09. The molecule has 3 aromatic rings. The summed E-state index contributed by atoms with van der Waals surface area (Å²) >= 11 is 1.56. The number of aromatic nitrogens is 1. The van der Waals surface area contributed by atoms with Crippen LogP contribution >= 0.6 is 11.3 Å². The van der Waals surface area contributed by atoms with Crippen molar-refractivity contribution in [1.29, 1.82) is 0 Å². The van der Waals surface area contributed by atoms with Crippen LogP contribution in [0.25, 0.3) is 6.08 Å². The smallest absolute Gasteiger partial charge is 0.422 e. The number of alkyl halides is 3. The maximum Gasteiger partial charge on any atom is 0.422 e. The molecule has 168 valence electrons. The van der Waals surface area contributed by atoms with E-state index in [0.29, 0.717) is 17.9 Å². The van der Waals surface area contributed by atoms with Gasteiger partial charge in [0.25, 0.3) is 0 Å². The first kappa shape index (κ1) is 23.3. The van der Waals surface area contributed by atoms with Gasteiger partial charge in [0, 0.05) is 18.0 Å². The van der Waals surface area contributed by atoms with Crippen LogP contribution < -0.4 is 14.8 Å². The fourth-order valence-corrected chi connectivity index (χ4v) is 3.27. The van der Waals surface area contributed by atoms with Gasteiger partial charge in [-0.1, -0.05) is 24.3 Å². The summed E-state index contributed by atoms with van der Waals surface area (Å²) in [5.74, 6) is 0.416. The number of nitrogens with zero attached hydrogens (tertiary/aromatic N) is 1. The molecule has 0 atom stereocenters. The monoisotopic (exact) mass is 462 g/mol. The number of carbonyl (C=O) groups is 1. The SMILES string of the molecule is Cc1nc(COc2cccc(/C=C/C(=O)NCc3cccc(OCC(F)(F)F)c3)c2)cs1. The van der Waals surface area contributed by atoms with Crippen LogP contribution in [0.5, 0.6) is 11.5 Å². The van der Waals surface area contributed by atoms with E-state index < -0.39 is 12.8 Å². The Morgan fingerprint density at radius 1 is 1.12 bits per heavy atom. The van der Waals surface area contributed by atoms with Crippen molar-refractivity contribution in [3.63, 3.8) is 0 Å². The van der Waals surface area contributed by atoms with Crippen molar-refractivity contribution < 1.29 is 27.4 Å². The summed E-state index contributed by atoms with van der Waals surface area (Å²) in [6, 6.07) is 13.4. The molecule has 0 radical (unpaired) electrons. The maximum absolute atomic E-state index is 12.3. The highest BCUT2D eigenvalue weighted by atomic mass is 32.1. The number of aryl methyl sites for hydroxylation is 1. The van der Waals surface area contributed by atoms with Crippen LogP contribution in [0.15, 0.2) is 60.0 Å². The van der Waals surface area contributed by atoms with Crippen LogP contribution in [0.3, 0.4) is 0 Å². The van der Waals surface area contributed by atoms with Gasteiger partial charge < -0.3 is 14.8 Å². The quantitative estimate of drug-likeness (QED) is 0.439. The van der Waals surface area contributed by atoms with Gasteiger partial charge >= 0.3 is 6.18 Å². The molecule has 32 heavy (non-hydrogen) atoms. The van der Waals surface area contributed by atoms with E-state index in [0.717, 1.165) is 16.3 Å². The van der Waals surface area contributed by atoms with Gasteiger partial charge in [0.2, 0.25) is 5.91 Å². The van der Waals surface area contributed by atoms with Crippen molar-refractivity contribution >= 4 is 23.3 Å². The Morgan fingerprint density at radius 2 is 1.88 bits per heavy atom. The molecule has 1 heterocycles. The zero-order chi connectivity index (χ0) is 23.0. The lowest BCUT2D eigenvalue weighted by Gasteiger charge is -2.10. The van der Waals surface area contributed by atoms with E-state index in [-0.39, 0.29) is 18.2 Å². The summed E-state index contributed by atoms with van der Waals surface area (Å²) < 4.78 is 47.3. The molecule has 0 bridgehead atoms. The van der Waals surface area contributed by atoms with Gasteiger partial charge in [-0.3, -0.25) is 4.79 Å². The van der Waals surface area contributed by atoms with Gasteiger partial charge in [-0.05, 0) is 48.4 Å². The molecule has 1 N–H and O–H groups in total. The predicted octanol–water partition coefficient (Wildman–Crippen LogP) is 5.30. The third kappa shape index (κ3) is 8.07. The van der Waals surface area contributed by atoms with E-state index in [2.05, 4.69) is 10.3 Å². The van der Waals surface area contributed by atoms with E-state index in [1.54, 1.807) is 29.5 Å². The van der Waals surface area contributed by atoms with Gasteiger partial charge in [-0.15, -0.1) is 11.3 Å². The second-order valence-corrected chi connectivity index (χ2v) is 7.88. The highest BCUT2D eigenvalue weighted by Gasteiger charge is 2.28. The van der Waals surface area contributed by atoms with Crippen LogP contribution in [-0.2, 0) is 17.9 Å². The summed E-state index contributed by atoms with van der Waals surface area (Å²) in [5, 5.41) is 5.62. The number of ether oxygens (including phenoxy) is 2. The molecule has 0 saturated heterocycles. The van der Waals surface area contributed by atoms with E-state index in [1.165, 1.54) is 18.2 Å². The van der Waals surface area contributed by atoms with Crippen LogP contribution in [0.4, 0.5) is 13.2 Å². The third-order valence-electron chi connectivity index (χ3n) is 4.11. The van der Waals surface area contributed by atoms with Crippen molar-refractivity contribution in [2.45, 2.75) is 26.3 Å². The van der Waals surface area contributed by atoms with Crippen molar-refractivity contribution in [2.24, 2.45) is 0 Å². The molecule has 0 aliphatic carbocycles. The van der Waals surface area contributed by atoms with Gasteiger partial charge in [-0.25, -0.2) is 4.98 Å². The van der Waals surface area contributed by atoms with Crippen molar-refractivity contribution in [1.82, 2.24) is 10.3 Å². The Labute approximate surface area is 187 Å². The Morgan fingerprint density at radius 3 is 2.59 bits per heavy atom. The van der Waals surface area contributed by atoms with E-state index in [9.17, 15) is 18.0 Å². The van der Waals surface area contributed by atoms with E-state index in [1.807, 2.05) is 36.6 Å². The molecule has 0 unspecified atom stereocenters. The van der Waals surface area contributed by atoms with Crippen LogP contribution in [0.2, 0.25) is 0 Å². The number of thiazole rings is 1. The molecule has 0 spiro atoms. The average molecular weight is 462 g/mol. The minimum Gasteiger partial charge on any atom is -0.487 e. The number of hydrogen-bond acceptors (Lipinski definition) is 5. The number of hydrogen-bond donors (Lipinski definition) is 1. The number of rotatable bonds is 9. The fourth-order valence-electron chi connectivity index (χ4n) is 2.67. The topological polar surface area (TPSA) is 60.5 Å². The first-order valence-corrected chi connectivity index (χ1v) is 10.5. The molecule has 3 rings (SSSR count). The van der Waals surface area contributed by atoms with Gasteiger partial charge in [-0.2, -0.15) is 13.2 Å². The highest BCUT2D eigenvalue weighted by Crippen LogP contribution is 2.20. The predicted molar refractivity (Wildman–Crippen MR) is 116 cm³/mol. The largest absolute Gasteiger partial charge is 0.487 e. The minimum atomic E-state index is -4.41. The third-order valence-corrected chi connectivity index (χ3v) is 4.93. The summed E-state index contributed by atoms with van der Waals surface area (Å²) in [7, 11) is 0. The number of carbonyl (C=O) groups excluding carboxylic acids is 1. The minimum absolute atomic E-state index is 0.0919.